The van der Waals surface area contributed by atoms with Crippen molar-refractivity contribution < 1.29 is 0 Å². The molecule has 1 aromatic rings. The van der Waals surface area contributed by atoms with Crippen molar-refractivity contribution >= 4 is 16.5 Å². The predicted octanol–water partition coefficient (Wildman–Crippen LogP) is 4.09. The van der Waals surface area contributed by atoms with E-state index in [1.807, 2.05) is 0 Å². The zero-order valence-corrected chi connectivity index (χ0v) is 11.1. The Bertz CT molecular complexity index is 321. The van der Waals surface area contributed by atoms with Gasteiger partial charge in [0.05, 0.1) is 5.69 Å². The van der Waals surface area contributed by atoms with Crippen LogP contribution < -0.4 is 5.32 Å². The smallest absolute Gasteiger partial charge is 0.183 e. The summed E-state index contributed by atoms with van der Waals surface area (Å²) in [7, 11) is 0. The van der Waals surface area contributed by atoms with E-state index >= 15 is 0 Å². The van der Waals surface area contributed by atoms with Crippen LogP contribution in [0.1, 0.15) is 51.6 Å². The number of hydrogen-bond acceptors (Lipinski definition) is 3. The second-order valence-electron chi connectivity index (χ2n) is 4.70. The topological polar surface area (TPSA) is 24.9 Å². The first-order valence-electron chi connectivity index (χ1n) is 6.54. The second kappa shape index (κ2) is 5.67. The Labute approximate surface area is 102 Å². The van der Waals surface area contributed by atoms with E-state index in [0.717, 1.165) is 17.5 Å². The summed E-state index contributed by atoms with van der Waals surface area (Å²) < 4.78 is 0. The van der Waals surface area contributed by atoms with Crippen molar-refractivity contribution in [3.8, 4) is 0 Å². The van der Waals surface area contributed by atoms with Crippen molar-refractivity contribution in [2.75, 3.05) is 5.32 Å². The molecule has 1 aliphatic carbocycles. The second-order valence-corrected chi connectivity index (χ2v) is 5.56. The van der Waals surface area contributed by atoms with Crippen LogP contribution in [-0.2, 0) is 6.42 Å². The van der Waals surface area contributed by atoms with Crippen LogP contribution in [0.25, 0.3) is 0 Å². The third-order valence-corrected chi connectivity index (χ3v) is 4.48. The highest BCUT2D eigenvalue weighted by atomic mass is 32.1. The molecule has 2 unspecified atom stereocenters. The number of anilines is 1. The lowest BCUT2D eigenvalue weighted by Crippen LogP contribution is -2.31. The van der Waals surface area contributed by atoms with Gasteiger partial charge in [0.15, 0.2) is 5.13 Å². The molecule has 0 bridgehead atoms. The molecule has 2 rings (SSSR count). The van der Waals surface area contributed by atoms with Gasteiger partial charge in [0.1, 0.15) is 0 Å². The molecule has 0 aliphatic heterocycles. The fraction of sp³-hybridized carbons (Fsp3) is 0.769. The standard InChI is InChI=1S/C13H22N2S/c1-3-10-7-5-6-8-12(10)15-13-14-11(4-2)9-16-13/h9-10,12H,3-8H2,1-2H3,(H,14,15). The van der Waals surface area contributed by atoms with Crippen LogP contribution in [0.5, 0.6) is 0 Å². The van der Waals surface area contributed by atoms with Gasteiger partial charge in [-0.05, 0) is 25.2 Å². The summed E-state index contributed by atoms with van der Waals surface area (Å²) in [6, 6.07) is 0.662. The van der Waals surface area contributed by atoms with E-state index in [1.54, 1.807) is 11.3 Å². The number of nitrogens with zero attached hydrogens (tertiary/aromatic N) is 1. The van der Waals surface area contributed by atoms with E-state index < -0.39 is 0 Å². The minimum atomic E-state index is 0.662. The quantitative estimate of drug-likeness (QED) is 0.854. The Morgan fingerprint density at radius 3 is 2.88 bits per heavy atom. The molecule has 1 heterocycles. The molecular formula is C13H22N2S. The molecule has 1 saturated carbocycles. The Balaban J connectivity index is 1.96. The highest BCUT2D eigenvalue weighted by molar-refractivity contribution is 7.13. The van der Waals surface area contributed by atoms with Crippen LogP contribution in [0.2, 0.25) is 0 Å². The highest BCUT2D eigenvalue weighted by Crippen LogP contribution is 2.30. The molecule has 0 radical (unpaired) electrons. The average Bonchev–Trinajstić information content (AvgIpc) is 2.77. The monoisotopic (exact) mass is 238 g/mol. The van der Waals surface area contributed by atoms with Gasteiger partial charge < -0.3 is 5.32 Å². The number of aromatic nitrogens is 1. The zero-order valence-electron chi connectivity index (χ0n) is 10.3. The van der Waals surface area contributed by atoms with E-state index in [9.17, 15) is 0 Å². The van der Waals surface area contributed by atoms with Crippen LogP contribution in [0.15, 0.2) is 5.38 Å². The molecule has 1 fully saturated rings. The summed E-state index contributed by atoms with van der Waals surface area (Å²) in [6.07, 6.45) is 7.83. The maximum Gasteiger partial charge on any atom is 0.183 e. The minimum Gasteiger partial charge on any atom is -0.359 e. The molecule has 1 N–H and O–H groups in total. The van der Waals surface area contributed by atoms with Crippen LogP contribution in [0.4, 0.5) is 5.13 Å². The molecule has 3 heteroatoms. The third kappa shape index (κ3) is 2.76. The largest absolute Gasteiger partial charge is 0.359 e. The summed E-state index contributed by atoms with van der Waals surface area (Å²) in [5.74, 6) is 0.850. The predicted molar refractivity (Wildman–Crippen MR) is 71.2 cm³/mol. The van der Waals surface area contributed by atoms with Crippen molar-refractivity contribution in [2.45, 2.75) is 58.4 Å². The number of thiazole rings is 1. The fourth-order valence-electron chi connectivity index (χ4n) is 2.58. The summed E-state index contributed by atoms with van der Waals surface area (Å²) in [4.78, 5) is 4.60. The minimum absolute atomic E-state index is 0.662. The first kappa shape index (κ1) is 11.9. The Kier molecular flexibility index (Phi) is 4.22. The molecule has 2 atom stereocenters. The lowest BCUT2D eigenvalue weighted by Gasteiger charge is -2.31. The van der Waals surface area contributed by atoms with E-state index in [-0.39, 0.29) is 0 Å². The first-order chi connectivity index (χ1) is 7.83. The Morgan fingerprint density at radius 1 is 1.38 bits per heavy atom. The van der Waals surface area contributed by atoms with Gasteiger partial charge in [-0.15, -0.1) is 11.3 Å². The normalized spacial score (nSPS) is 25.6. The Hall–Kier alpha value is -0.570. The SMILES string of the molecule is CCc1csc(NC2CCCCC2CC)n1. The van der Waals surface area contributed by atoms with Crippen molar-refractivity contribution in [2.24, 2.45) is 5.92 Å². The first-order valence-corrected chi connectivity index (χ1v) is 7.42. The van der Waals surface area contributed by atoms with Gasteiger partial charge in [0.2, 0.25) is 0 Å². The molecule has 1 aliphatic rings. The van der Waals surface area contributed by atoms with Gasteiger partial charge in [-0.25, -0.2) is 4.98 Å². The molecule has 0 spiro atoms. The molecule has 90 valence electrons. The molecule has 1 aromatic heterocycles. The van der Waals surface area contributed by atoms with Gasteiger partial charge in [-0.3, -0.25) is 0 Å². The van der Waals surface area contributed by atoms with E-state index in [1.165, 1.54) is 37.8 Å². The van der Waals surface area contributed by atoms with Crippen molar-refractivity contribution in [3.63, 3.8) is 0 Å². The van der Waals surface area contributed by atoms with E-state index in [0.29, 0.717) is 6.04 Å². The number of nitrogens with one attached hydrogen (secondary N) is 1. The van der Waals surface area contributed by atoms with Gasteiger partial charge in [0, 0.05) is 11.4 Å². The van der Waals surface area contributed by atoms with Crippen LogP contribution in [-0.4, -0.2) is 11.0 Å². The van der Waals surface area contributed by atoms with Gasteiger partial charge in [0.25, 0.3) is 0 Å². The molecule has 0 amide bonds. The molecule has 2 nitrogen and oxygen atoms in total. The summed E-state index contributed by atoms with van der Waals surface area (Å²) >= 11 is 1.76. The average molecular weight is 238 g/mol. The van der Waals surface area contributed by atoms with Gasteiger partial charge >= 0.3 is 0 Å². The van der Waals surface area contributed by atoms with Crippen LogP contribution in [0.3, 0.4) is 0 Å². The summed E-state index contributed by atoms with van der Waals surface area (Å²) in [5.41, 5.74) is 1.22. The number of hydrogen-bond donors (Lipinski definition) is 1. The molecule has 16 heavy (non-hydrogen) atoms. The lowest BCUT2D eigenvalue weighted by molar-refractivity contribution is 0.317. The van der Waals surface area contributed by atoms with Crippen molar-refractivity contribution in [3.05, 3.63) is 11.1 Å². The third-order valence-electron chi connectivity index (χ3n) is 3.66. The lowest BCUT2D eigenvalue weighted by atomic mass is 9.83. The number of aryl methyl sites for hydroxylation is 1. The van der Waals surface area contributed by atoms with E-state index in [4.69, 9.17) is 0 Å². The van der Waals surface area contributed by atoms with Gasteiger partial charge in [-0.1, -0.05) is 33.1 Å². The van der Waals surface area contributed by atoms with Crippen LogP contribution >= 0.6 is 11.3 Å². The zero-order chi connectivity index (χ0) is 11.4. The maximum absolute atomic E-state index is 4.60. The van der Waals surface area contributed by atoms with Crippen molar-refractivity contribution in [1.82, 2.24) is 4.98 Å². The maximum atomic E-state index is 4.60. The van der Waals surface area contributed by atoms with Crippen LogP contribution in [0, 0.1) is 5.92 Å². The van der Waals surface area contributed by atoms with Crippen molar-refractivity contribution in [1.29, 1.82) is 0 Å². The van der Waals surface area contributed by atoms with E-state index in [2.05, 4.69) is 29.5 Å². The molecule has 0 saturated heterocycles. The Morgan fingerprint density at radius 2 is 2.19 bits per heavy atom. The summed E-state index contributed by atoms with van der Waals surface area (Å²) in [5, 5.41) is 6.94. The molecular weight excluding hydrogens is 216 g/mol. The van der Waals surface area contributed by atoms with Gasteiger partial charge in [-0.2, -0.15) is 0 Å². The molecule has 0 aromatic carbocycles. The highest BCUT2D eigenvalue weighted by Gasteiger charge is 2.23. The summed E-state index contributed by atoms with van der Waals surface area (Å²) in [6.45, 7) is 4.47. The number of rotatable bonds is 4. The fourth-order valence-corrected chi connectivity index (χ4v) is 3.44.